The van der Waals surface area contributed by atoms with Gasteiger partial charge in [-0.15, -0.1) is 11.3 Å². The lowest BCUT2D eigenvalue weighted by Gasteiger charge is -2.28. The van der Waals surface area contributed by atoms with Crippen molar-refractivity contribution in [1.29, 1.82) is 0 Å². The van der Waals surface area contributed by atoms with Crippen LogP contribution in [0.4, 0.5) is 0 Å². The van der Waals surface area contributed by atoms with E-state index in [-0.39, 0.29) is 11.4 Å². The summed E-state index contributed by atoms with van der Waals surface area (Å²) in [6, 6.07) is 10.1. The van der Waals surface area contributed by atoms with Crippen LogP contribution in [-0.2, 0) is 4.79 Å². The van der Waals surface area contributed by atoms with Crippen molar-refractivity contribution >= 4 is 23.0 Å². The van der Waals surface area contributed by atoms with E-state index in [1.54, 1.807) is 41.7 Å². The maximum absolute atomic E-state index is 13.0. The van der Waals surface area contributed by atoms with Crippen LogP contribution in [0.3, 0.4) is 0 Å². The van der Waals surface area contributed by atoms with E-state index in [1.165, 1.54) is 11.3 Å². The summed E-state index contributed by atoms with van der Waals surface area (Å²) in [4.78, 5) is 29.8. The van der Waals surface area contributed by atoms with Crippen molar-refractivity contribution in [2.45, 2.75) is 6.04 Å². The van der Waals surface area contributed by atoms with Gasteiger partial charge in [-0.2, -0.15) is 0 Å². The van der Waals surface area contributed by atoms with Crippen molar-refractivity contribution < 1.29 is 19.4 Å². The molecule has 1 atom stereocenters. The molecule has 1 aliphatic heterocycles. The third kappa shape index (κ3) is 3.74. The molecule has 0 fully saturated rings. The van der Waals surface area contributed by atoms with Gasteiger partial charge in [-0.25, -0.2) is 0 Å². The van der Waals surface area contributed by atoms with E-state index in [1.807, 2.05) is 31.1 Å². The van der Waals surface area contributed by atoms with Gasteiger partial charge < -0.3 is 19.6 Å². The Morgan fingerprint density at radius 3 is 2.52 bits per heavy atom. The van der Waals surface area contributed by atoms with Crippen molar-refractivity contribution in [3.63, 3.8) is 0 Å². The van der Waals surface area contributed by atoms with E-state index in [4.69, 9.17) is 4.74 Å². The summed E-state index contributed by atoms with van der Waals surface area (Å²) in [6.45, 7) is 1.01. The lowest BCUT2D eigenvalue weighted by molar-refractivity contribution is -0.129. The van der Waals surface area contributed by atoms with Gasteiger partial charge >= 0.3 is 0 Å². The molecule has 0 unspecified atom stereocenters. The second-order valence-corrected chi connectivity index (χ2v) is 7.49. The van der Waals surface area contributed by atoms with E-state index < -0.39 is 17.7 Å². The van der Waals surface area contributed by atoms with Gasteiger partial charge in [0.05, 0.1) is 23.6 Å². The summed E-state index contributed by atoms with van der Waals surface area (Å²) in [6.07, 6.45) is 0. The Bertz CT molecular complexity index is 857. The lowest BCUT2D eigenvalue weighted by Crippen LogP contribution is -2.36. The SMILES string of the molecule is COc1ccc([C@@H]2C(C(=O)c3cccs3)=C(O)C(=O)N2CCN(C)C)cc1. The molecule has 0 saturated carbocycles. The van der Waals surface area contributed by atoms with Gasteiger partial charge in [-0.1, -0.05) is 18.2 Å². The number of methoxy groups -OCH3 is 1. The lowest BCUT2D eigenvalue weighted by atomic mass is 9.95. The van der Waals surface area contributed by atoms with E-state index in [9.17, 15) is 14.7 Å². The number of hydrogen-bond acceptors (Lipinski definition) is 6. The summed E-state index contributed by atoms with van der Waals surface area (Å²) in [5, 5.41) is 12.3. The number of aliphatic hydroxyl groups is 1. The molecule has 0 radical (unpaired) electrons. The van der Waals surface area contributed by atoms with Gasteiger partial charge in [0.1, 0.15) is 5.75 Å². The Hall–Kier alpha value is -2.64. The van der Waals surface area contributed by atoms with Gasteiger partial charge in [0.2, 0.25) is 5.78 Å². The number of Topliss-reactive ketones (excluding diaryl/α,β-unsaturated/α-hetero) is 1. The molecule has 2 aromatic rings. The molecule has 6 nitrogen and oxygen atoms in total. The second-order valence-electron chi connectivity index (χ2n) is 6.55. The highest BCUT2D eigenvalue weighted by molar-refractivity contribution is 7.12. The molecule has 1 aromatic heterocycles. The van der Waals surface area contributed by atoms with Crippen LogP contribution >= 0.6 is 11.3 Å². The minimum absolute atomic E-state index is 0.131. The average molecular weight is 386 g/mol. The molecular formula is C20H22N2O4S. The number of benzene rings is 1. The number of carbonyl (C=O) groups is 2. The van der Waals surface area contributed by atoms with E-state index in [2.05, 4.69) is 0 Å². The summed E-state index contributed by atoms with van der Waals surface area (Å²) in [5.74, 6) is -0.614. The van der Waals surface area contributed by atoms with Gasteiger partial charge in [-0.05, 0) is 43.2 Å². The van der Waals surface area contributed by atoms with Crippen LogP contribution in [0.2, 0.25) is 0 Å². The molecule has 1 aromatic carbocycles. The number of rotatable bonds is 7. The minimum Gasteiger partial charge on any atom is -0.503 e. The fourth-order valence-electron chi connectivity index (χ4n) is 3.10. The van der Waals surface area contributed by atoms with Crippen molar-refractivity contribution in [2.75, 3.05) is 34.3 Å². The Morgan fingerprint density at radius 1 is 1.26 bits per heavy atom. The van der Waals surface area contributed by atoms with Crippen molar-refractivity contribution in [3.8, 4) is 5.75 Å². The molecule has 1 amide bonds. The van der Waals surface area contributed by atoms with Crippen LogP contribution in [0, 0.1) is 0 Å². The molecule has 3 rings (SSSR count). The number of ketones is 1. The quantitative estimate of drug-likeness (QED) is 0.741. The smallest absolute Gasteiger partial charge is 0.290 e. The summed E-state index contributed by atoms with van der Waals surface area (Å²) >= 11 is 1.29. The topological polar surface area (TPSA) is 70.1 Å². The highest BCUT2D eigenvalue weighted by Crippen LogP contribution is 2.39. The predicted molar refractivity (Wildman–Crippen MR) is 104 cm³/mol. The van der Waals surface area contributed by atoms with Crippen LogP contribution in [-0.4, -0.2) is 60.9 Å². The number of aliphatic hydroxyl groups excluding tert-OH is 1. The Balaban J connectivity index is 2.04. The maximum atomic E-state index is 13.0. The predicted octanol–water partition coefficient (Wildman–Crippen LogP) is 2.90. The monoisotopic (exact) mass is 386 g/mol. The Kier molecular flexibility index (Phi) is 5.62. The standard InChI is InChI=1S/C20H22N2O4S/c1-21(2)10-11-22-17(13-6-8-14(26-3)9-7-13)16(19(24)20(22)25)18(23)15-5-4-12-27-15/h4-9,12,17,24H,10-11H2,1-3H3/t17-/m1/s1. The average Bonchev–Trinajstić information content (AvgIpc) is 3.28. The minimum atomic E-state index is -0.627. The van der Waals surface area contributed by atoms with Gasteiger partial charge in [0.25, 0.3) is 5.91 Å². The maximum Gasteiger partial charge on any atom is 0.290 e. The molecule has 0 saturated heterocycles. The first kappa shape index (κ1) is 19.1. The van der Waals surface area contributed by atoms with Gasteiger partial charge in [-0.3, -0.25) is 9.59 Å². The summed E-state index contributed by atoms with van der Waals surface area (Å²) < 4.78 is 5.20. The third-order valence-corrected chi connectivity index (χ3v) is 5.38. The second kappa shape index (κ2) is 7.94. The molecule has 1 N–H and O–H groups in total. The number of thiophene rings is 1. The van der Waals surface area contributed by atoms with Crippen LogP contribution in [0.25, 0.3) is 0 Å². The van der Waals surface area contributed by atoms with E-state index in [0.717, 1.165) is 5.56 Å². The van der Waals surface area contributed by atoms with Crippen molar-refractivity contribution in [2.24, 2.45) is 0 Å². The van der Waals surface area contributed by atoms with E-state index >= 15 is 0 Å². The van der Waals surface area contributed by atoms with Crippen LogP contribution < -0.4 is 4.74 Å². The van der Waals surface area contributed by atoms with Crippen LogP contribution in [0.5, 0.6) is 5.75 Å². The zero-order chi connectivity index (χ0) is 19.6. The third-order valence-electron chi connectivity index (χ3n) is 4.51. The molecule has 2 heterocycles. The number of carbonyl (C=O) groups excluding carboxylic acids is 2. The van der Waals surface area contributed by atoms with E-state index in [0.29, 0.717) is 23.7 Å². The number of hydrogen-bond donors (Lipinski definition) is 1. The molecule has 27 heavy (non-hydrogen) atoms. The number of ether oxygens (including phenoxy) is 1. The highest BCUT2D eigenvalue weighted by atomic mass is 32.1. The van der Waals surface area contributed by atoms with Crippen LogP contribution in [0.15, 0.2) is 53.1 Å². The number of amides is 1. The zero-order valence-corrected chi connectivity index (χ0v) is 16.3. The molecule has 0 spiro atoms. The molecule has 7 heteroatoms. The summed E-state index contributed by atoms with van der Waals surface area (Å²) in [5.41, 5.74) is 0.887. The zero-order valence-electron chi connectivity index (χ0n) is 15.5. The van der Waals surface area contributed by atoms with Crippen molar-refractivity contribution in [3.05, 3.63) is 63.6 Å². The first-order chi connectivity index (χ1) is 12.9. The van der Waals surface area contributed by atoms with Crippen LogP contribution in [0.1, 0.15) is 21.3 Å². The Morgan fingerprint density at radius 2 is 1.96 bits per heavy atom. The Labute approximate surface area is 162 Å². The highest BCUT2D eigenvalue weighted by Gasteiger charge is 2.43. The largest absolute Gasteiger partial charge is 0.503 e. The summed E-state index contributed by atoms with van der Waals surface area (Å²) in [7, 11) is 5.40. The molecule has 0 bridgehead atoms. The molecule has 1 aliphatic rings. The number of nitrogens with zero attached hydrogens (tertiary/aromatic N) is 2. The normalized spacial score (nSPS) is 17.1. The van der Waals surface area contributed by atoms with Gasteiger partial charge in [0, 0.05) is 13.1 Å². The first-order valence-electron chi connectivity index (χ1n) is 8.55. The fraction of sp³-hybridized carbons (Fsp3) is 0.300. The van der Waals surface area contributed by atoms with Gasteiger partial charge in [0.15, 0.2) is 5.76 Å². The molecule has 0 aliphatic carbocycles. The molecular weight excluding hydrogens is 364 g/mol. The molecule has 142 valence electrons. The van der Waals surface area contributed by atoms with Crippen molar-refractivity contribution in [1.82, 2.24) is 9.80 Å². The fourth-order valence-corrected chi connectivity index (χ4v) is 3.78. The number of likely N-dealkylation sites (N-methyl/N-ethyl adjacent to an activating group) is 1. The first-order valence-corrected chi connectivity index (χ1v) is 9.43.